The standard InChI is InChI=1S/C14H18ClF2NO2/c1-13(2,19)8-6-9(12(17)10(15)11(8)16)14(7-18)4-3-5-20-14/h6,19H,3-5,7,18H2,1-2H3. The average molecular weight is 306 g/mol. The fourth-order valence-electron chi connectivity index (χ4n) is 2.56. The van der Waals surface area contributed by atoms with Crippen molar-refractivity contribution in [3.63, 3.8) is 0 Å². The van der Waals surface area contributed by atoms with Gasteiger partial charge in [0.1, 0.15) is 10.6 Å². The van der Waals surface area contributed by atoms with Gasteiger partial charge in [0.15, 0.2) is 11.6 Å². The SMILES string of the molecule is CC(C)(O)c1cc(C2(CN)CCCO2)c(F)c(Cl)c1F. The molecule has 0 aliphatic carbocycles. The molecule has 20 heavy (non-hydrogen) atoms. The molecule has 1 heterocycles. The highest BCUT2D eigenvalue weighted by atomic mass is 35.5. The highest BCUT2D eigenvalue weighted by Gasteiger charge is 2.40. The van der Waals surface area contributed by atoms with E-state index < -0.39 is 27.9 Å². The van der Waals surface area contributed by atoms with Gasteiger partial charge in [0.25, 0.3) is 0 Å². The van der Waals surface area contributed by atoms with Gasteiger partial charge < -0.3 is 15.6 Å². The smallest absolute Gasteiger partial charge is 0.150 e. The number of nitrogens with two attached hydrogens (primary N) is 1. The van der Waals surface area contributed by atoms with Gasteiger partial charge in [-0.25, -0.2) is 8.78 Å². The summed E-state index contributed by atoms with van der Waals surface area (Å²) in [5.41, 5.74) is 3.29. The van der Waals surface area contributed by atoms with Gasteiger partial charge in [-0.1, -0.05) is 11.6 Å². The van der Waals surface area contributed by atoms with Crippen LogP contribution in [-0.2, 0) is 15.9 Å². The second kappa shape index (κ2) is 5.22. The minimum atomic E-state index is -1.48. The predicted molar refractivity (Wildman–Crippen MR) is 72.5 cm³/mol. The lowest BCUT2D eigenvalue weighted by Crippen LogP contribution is -2.36. The molecule has 0 amide bonds. The second-order valence-corrected chi connectivity index (χ2v) is 6.00. The molecule has 0 radical (unpaired) electrons. The van der Waals surface area contributed by atoms with Crippen LogP contribution in [0.1, 0.15) is 37.8 Å². The maximum Gasteiger partial charge on any atom is 0.150 e. The molecule has 1 aliphatic heterocycles. The summed E-state index contributed by atoms with van der Waals surface area (Å²) in [5, 5.41) is 9.38. The van der Waals surface area contributed by atoms with Crippen LogP contribution in [0.3, 0.4) is 0 Å². The summed E-state index contributed by atoms with van der Waals surface area (Å²) in [6.45, 7) is 3.35. The maximum atomic E-state index is 14.3. The molecular formula is C14H18ClF2NO2. The van der Waals surface area contributed by atoms with Crippen molar-refractivity contribution in [1.82, 2.24) is 0 Å². The summed E-state index contributed by atoms with van der Waals surface area (Å²) >= 11 is 5.73. The lowest BCUT2D eigenvalue weighted by atomic mass is 9.86. The minimum absolute atomic E-state index is 0.0666. The van der Waals surface area contributed by atoms with E-state index in [0.29, 0.717) is 13.0 Å². The highest BCUT2D eigenvalue weighted by Crippen LogP contribution is 2.41. The molecule has 1 aliphatic rings. The number of hydrogen-bond acceptors (Lipinski definition) is 3. The third kappa shape index (κ3) is 2.44. The first-order valence-corrected chi connectivity index (χ1v) is 6.85. The number of hydrogen-bond donors (Lipinski definition) is 2. The molecule has 1 atom stereocenters. The third-order valence-electron chi connectivity index (χ3n) is 3.73. The van der Waals surface area contributed by atoms with Crippen LogP contribution in [0.15, 0.2) is 6.07 Å². The summed E-state index contributed by atoms with van der Waals surface area (Å²) in [6, 6.07) is 1.27. The summed E-state index contributed by atoms with van der Waals surface area (Å²) < 4.78 is 34.0. The van der Waals surface area contributed by atoms with Crippen LogP contribution in [0, 0.1) is 11.6 Å². The Kier molecular flexibility index (Phi) is 4.08. The van der Waals surface area contributed by atoms with E-state index >= 15 is 0 Å². The van der Waals surface area contributed by atoms with E-state index in [1.165, 1.54) is 19.9 Å². The summed E-state index contributed by atoms with van der Waals surface area (Å²) in [6.07, 6.45) is 1.27. The van der Waals surface area contributed by atoms with E-state index in [1.54, 1.807) is 0 Å². The minimum Gasteiger partial charge on any atom is -0.386 e. The van der Waals surface area contributed by atoms with E-state index in [9.17, 15) is 13.9 Å². The molecule has 6 heteroatoms. The number of benzene rings is 1. The molecule has 112 valence electrons. The zero-order chi connectivity index (χ0) is 15.1. The zero-order valence-electron chi connectivity index (χ0n) is 11.5. The first-order chi connectivity index (χ1) is 9.23. The predicted octanol–water partition coefficient (Wildman–Crippen LogP) is 2.81. The molecule has 1 unspecified atom stereocenters. The fraction of sp³-hybridized carbons (Fsp3) is 0.571. The Hall–Kier alpha value is -0.750. The lowest BCUT2D eigenvalue weighted by Gasteiger charge is -2.30. The lowest BCUT2D eigenvalue weighted by molar-refractivity contribution is 0.00446. The molecular weight excluding hydrogens is 288 g/mol. The third-order valence-corrected chi connectivity index (χ3v) is 4.06. The zero-order valence-corrected chi connectivity index (χ0v) is 12.2. The van der Waals surface area contributed by atoms with Crippen LogP contribution in [0.5, 0.6) is 0 Å². The second-order valence-electron chi connectivity index (χ2n) is 5.62. The van der Waals surface area contributed by atoms with Gasteiger partial charge in [-0.05, 0) is 32.8 Å². The number of halogens is 3. The maximum absolute atomic E-state index is 14.3. The number of rotatable bonds is 3. The van der Waals surface area contributed by atoms with Gasteiger partial charge in [0.05, 0.1) is 5.60 Å². The van der Waals surface area contributed by atoms with Gasteiger partial charge in [-0.15, -0.1) is 0 Å². The Morgan fingerprint density at radius 2 is 2.10 bits per heavy atom. The van der Waals surface area contributed by atoms with Gasteiger partial charge in [-0.3, -0.25) is 0 Å². The largest absolute Gasteiger partial charge is 0.386 e. The van der Waals surface area contributed by atoms with Gasteiger partial charge >= 0.3 is 0 Å². The van der Waals surface area contributed by atoms with E-state index in [-0.39, 0.29) is 17.7 Å². The fourth-order valence-corrected chi connectivity index (χ4v) is 2.76. The quantitative estimate of drug-likeness (QED) is 0.844. The molecule has 2 rings (SSSR count). The molecule has 1 saturated heterocycles. The summed E-state index contributed by atoms with van der Waals surface area (Å²) in [4.78, 5) is 0. The van der Waals surface area contributed by atoms with Crippen molar-refractivity contribution >= 4 is 11.6 Å². The number of aliphatic hydroxyl groups is 1. The highest BCUT2D eigenvalue weighted by molar-refractivity contribution is 6.31. The van der Waals surface area contributed by atoms with Crippen LogP contribution >= 0.6 is 11.6 Å². The molecule has 3 nitrogen and oxygen atoms in total. The van der Waals surface area contributed by atoms with Crippen LogP contribution < -0.4 is 5.73 Å². The topological polar surface area (TPSA) is 55.5 Å². The first kappa shape index (κ1) is 15.6. The Labute approximate surface area is 121 Å². The monoisotopic (exact) mass is 305 g/mol. The van der Waals surface area contributed by atoms with Gasteiger partial charge in [0.2, 0.25) is 0 Å². The van der Waals surface area contributed by atoms with Crippen LogP contribution in [-0.4, -0.2) is 18.3 Å². The van der Waals surface area contributed by atoms with Crippen molar-refractivity contribution in [2.24, 2.45) is 5.73 Å². The van der Waals surface area contributed by atoms with Crippen molar-refractivity contribution in [2.45, 2.75) is 37.9 Å². The van der Waals surface area contributed by atoms with E-state index in [4.69, 9.17) is 22.1 Å². The van der Waals surface area contributed by atoms with E-state index in [1.807, 2.05) is 0 Å². The van der Waals surface area contributed by atoms with Crippen molar-refractivity contribution in [1.29, 1.82) is 0 Å². The molecule has 1 aromatic carbocycles. The Bertz CT molecular complexity index is 523. The van der Waals surface area contributed by atoms with E-state index in [0.717, 1.165) is 6.42 Å². The Morgan fingerprint density at radius 1 is 1.45 bits per heavy atom. The van der Waals surface area contributed by atoms with Crippen molar-refractivity contribution in [2.75, 3.05) is 13.2 Å². The van der Waals surface area contributed by atoms with Gasteiger partial charge in [0, 0.05) is 24.3 Å². The Morgan fingerprint density at radius 3 is 2.55 bits per heavy atom. The van der Waals surface area contributed by atoms with Crippen LogP contribution in [0.2, 0.25) is 5.02 Å². The summed E-state index contributed by atoms with van der Waals surface area (Å²) in [7, 11) is 0. The van der Waals surface area contributed by atoms with E-state index in [2.05, 4.69) is 0 Å². The van der Waals surface area contributed by atoms with Crippen LogP contribution in [0.25, 0.3) is 0 Å². The average Bonchev–Trinajstić information content (AvgIpc) is 2.84. The molecule has 0 bridgehead atoms. The molecule has 1 fully saturated rings. The molecule has 1 aromatic rings. The first-order valence-electron chi connectivity index (χ1n) is 6.48. The van der Waals surface area contributed by atoms with Crippen molar-refractivity contribution in [3.8, 4) is 0 Å². The molecule has 3 N–H and O–H groups in total. The van der Waals surface area contributed by atoms with Gasteiger partial charge in [-0.2, -0.15) is 0 Å². The Balaban J connectivity index is 2.68. The van der Waals surface area contributed by atoms with Crippen molar-refractivity contribution in [3.05, 3.63) is 33.9 Å². The van der Waals surface area contributed by atoms with Crippen LogP contribution in [0.4, 0.5) is 8.78 Å². The normalized spacial score (nSPS) is 23.4. The molecule has 0 saturated carbocycles. The molecule has 0 spiro atoms. The summed E-state index contributed by atoms with van der Waals surface area (Å²) in [5.74, 6) is -1.82. The molecule has 0 aromatic heterocycles. The number of ether oxygens (including phenoxy) is 1. The van der Waals surface area contributed by atoms with Crippen molar-refractivity contribution < 1.29 is 18.6 Å².